The fourth-order valence-corrected chi connectivity index (χ4v) is 1.35. The minimum Gasteiger partial charge on any atom is -0.481 e. The van der Waals surface area contributed by atoms with E-state index in [2.05, 4.69) is 15.0 Å². The van der Waals surface area contributed by atoms with Gasteiger partial charge in [0.1, 0.15) is 5.52 Å². The maximum atomic E-state index is 10.5. The highest BCUT2D eigenvalue weighted by atomic mass is 16.4. The molecule has 3 N–H and O–H groups in total. The van der Waals surface area contributed by atoms with Crippen molar-refractivity contribution in [1.29, 1.82) is 0 Å². The molecule has 0 spiro atoms. The Morgan fingerprint density at radius 2 is 2.25 bits per heavy atom. The number of aliphatic carboxylic acids is 1. The van der Waals surface area contributed by atoms with Crippen molar-refractivity contribution < 1.29 is 9.90 Å². The average molecular weight is 218 g/mol. The topological polar surface area (TPSA) is 102 Å². The normalized spacial score (nSPS) is 12.6. The Morgan fingerprint density at radius 3 is 3.00 bits per heavy atom. The van der Waals surface area contributed by atoms with Crippen LogP contribution in [0.25, 0.3) is 11.0 Å². The van der Waals surface area contributed by atoms with Gasteiger partial charge in [-0.2, -0.15) is 0 Å². The van der Waals surface area contributed by atoms with Crippen LogP contribution >= 0.6 is 0 Å². The summed E-state index contributed by atoms with van der Waals surface area (Å²) in [6.07, 6.45) is 4.52. The van der Waals surface area contributed by atoms with Crippen LogP contribution in [0.3, 0.4) is 0 Å². The lowest BCUT2D eigenvalue weighted by atomic mass is 10.1. The second-order valence-corrected chi connectivity index (χ2v) is 3.36. The molecule has 82 valence electrons. The average Bonchev–Trinajstić information content (AvgIpc) is 2.27. The van der Waals surface area contributed by atoms with E-state index in [1.807, 2.05) is 0 Å². The number of aromatic nitrogens is 3. The SMILES string of the molecule is NC(CC(=O)O)c1cnc2ccncc2n1. The van der Waals surface area contributed by atoms with E-state index in [0.29, 0.717) is 16.7 Å². The first-order valence-corrected chi connectivity index (χ1v) is 4.71. The monoisotopic (exact) mass is 218 g/mol. The zero-order valence-electron chi connectivity index (χ0n) is 8.37. The first-order chi connectivity index (χ1) is 7.66. The Labute approximate surface area is 91.2 Å². The first kappa shape index (κ1) is 10.4. The third kappa shape index (κ3) is 2.12. The molecule has 0 saturated carbocycles. The van der Waals surface area contributed by atoms with Crippen molar-refractivity contribution >= 4 is 17.0 Å². The lowest BCUT2D eigenvalue weighted by molar-refractivity contribution is -0.137. The van der Waals surface area contributed by atoms with Gasteiger partial charge in [0, 0.05) is 6.20 Å². The van der Waals surface area contributed by atoms with Crippen LogP contribution in [0, 0.1) is 0 Å². The molecule has 0 saturated heterocycles. The lowest BCUT2D eigenvalue weighted by Crippen LogP contribution is -2.16. The van der Waals surface area contributed by atoms with Crippen molar-refractivity contribution in [3.05, 3.63) is 30.4 Å². The van der Waals surface area contributed by atoms with Gasteiger partial charge in [-0.05, 0) is 6.07 Å². The molecule has 1 atom stereocenters. The van der Waals surface area contributed by atoms with Gasteiger partial charge >= 0.3 is 5.97 Å². The van der Waals surface area contributed by atoms with Crippen molar-refractivity contribution in [2.75, 3.05) is 0 Å². The molecule has 0 aliphatic rings. The molecule has 2 heterocycles. The zero-order chi connectivity index (χ0) is 11.5. The number of rotatable bonds is 3. The molecule has 16 heavy (non-hydrogen) atoms. The number of pyridine rings is 1. The van der Waals surface area contributed by atoms with Crippen LogP contribution in [0.15, 0.2) is 24.7 Å². The summed E-state index contributed by atoms with van der Waals surface area (Å²) in [6.45, 7) is 0. The summed E-state index contributed by atoms with van der Waals surface area (Å²) in [5, 5.41) is 8.62. The van der Waals surface area contributed by atoms with Crippen LogP contribution in [0.1, 0.15) is 18.2 Å². The van der Waals surface area contributed by atoms with Gasteiger partial charge in [0.2, 0.25) is 0 Å². The number of fused-ring (bicyclic) bond motifs is 1. The van der Waals surface area contributed by atoms with E-state index >= 15 is 0 Å². The highest BCUT2D eigenvalue weighted by Crippen LogP contribution is 2.13. The largest absolute Gasteiger partial charge is 0.481 e. The zero-order valence-corrected chi connectivity index (χ0v) is 8.37. The fraction of sp³-hybridized carbons (Fsp3) is 0.200. The van der Waals surface area contributed by atoms with E-state index in [4.69, 9.17) is 10.8 Å². The first-order valence-electron chi connectivity index (χ1n) is 4.71. The number of nitrogens with two attached hydrogens (primary N) is 1. The van der Waals surface area contributed by atoms with Crippen molar-refractivity contribution in [2.24, 2.45) is 5.73 Å². The minimum absolute atomic E-state index is 0.166. The quantitative estimate of drug-likeness (QED) is 0.777. The second kappa shape index (κ2) is 4.19. The van der Waals surface area contributed by atoms with Crippen LogP contribution < -0.4 is 5.73 Å². The second-order valence-electron chi connectivity index (χ2n) is 3.36. The molecule has 2 aromatic rings. The molecule has 0 aliphatic carbocycles. The van der Waals surface area contributed by atoms with Gasteiger partial charge in [0.25, 0.3) is 0 Å². The highest BCUT2D eigenvalue weighted by molar-refractivity contribution is 5.72. The molecule has 2 aromatic heterocycles. The third-order valence-corrected chi connectivity index (χ3v) is 2.14. The van der Waals surface area contributed by atoms with Crippen LogP contribution in [0.4, 0.5) is 0 Å². The van der Waals surface area contributed by atoms with Gasteiger partial charge < -0.3 is 10.8 Å². The van der Waals surface area contributed by atoms with Gasteiger partial charge in [-0.15, -0.1) is 0 Å². The standard InChI is InChI=1S/C10H10N4O2/c11-6(3-10(15)16)8-5-13-7-1-2-12-4-9(7)14-8/h1-2,4-6H,3,11H2,(H,15,16). The maximum Gasteiger partial charge on any atom is 0.305 e. The summed E-state index contributed by atoms with van der Waals surface area (Å²) in [5.74, 6) is -0.958. The van der Waals surface area contributed by atoms with Gasteiger partial charge in [0.15, 0.2) is 0 Å². The van der Waals surface area contributed by atoms with E-state index in [1.165, 1.54) is 6.20 Å². The maximum absolute atomic E-state index is 10.5. The molecule has 6 heteroatoms. The van der Waals surface area contributed by atoms with E-state index in [-0.39, 0.29) is 6.42 Å². The predicted molar refractivity (Wildman–Crippen MR) is 56.5 cm³/mol. The smallest absolute Gasteiger partial charge is 0.305 e. The number of hydrogen-bond acceptors (Lipinski definition) is 5. The molecule has 0 amide bonds. The van der Waals surface area contributed by atoms with Crippen LogP contribution in [0.2, 0.25) is 0 Å². The molecule has 0 aliphatic heterocycles. The molecule has 1 unspecified atom stereocenters. The number of carboxylic acids is 1. The van der Waals surface area contributed by atoms with Crippen LogP contribution in [0.5, 0.6) is 0 Å². The summed E-state index contributed by atoms with van der Waals surface area (Å²) < 4.78 is 0. The number of nitrogens with zero attached hydrogens (tertiary/aromatic N) is 3. The molecule has 6 nitrogen and oxygen atoms in total. The molecular formula is C10H10N4O2. The molecule has 0 radical (unpaired) electrons. The van der Waals surface area contributed by atoms with E-state index < -0.39 is 12.0 Å². The van der Waals surface area contributed by atoms with Crippen LogP contribution in [-0.2, 0) is 4.79 Å². The third-order valence-electron chi connectivity index (χ3n) is 2.14. The van der Waals surface area contributed by atoms with Crippen molar-refractivity contribution in [1.82, 2.24) is 15.0 Å². The minimum atomic E-state index is -0.958. The number of hydrogen-bond donors (Lipinski definition) is 2. The number of carbonyl (C=O) groups is 1. The Kier molecular flexibility index (Phi) is 2.74. The van der Waals surface area contributed by atoms with Gasteiger partial charge in [-0.1, -0.05) is 0 Å². The Balaban J connectivity index is 2.35. The highest BCUT2D eigenvalue weighted by Gasteiger charge is 2.12. The van der Waals surface area contributed by atoms with Crippen molar-refractivity contribution in [3.63, 3.8) is 0 Å². The molecule has 0 bridgehead atoms. The van der Waals surface area contributed by atoms with Crippen LogP contribution in [-0.4, -0.2) is 26.0 Å². The summed E-state index contributed by atoms with van der Waals surface area (Å²) in [4.78, 5) is 22.8. The molecule has 0 aromatic carbocycles. The summed E-state index contributed by atoms with van der Waals surface area (Å²) >= 11 is 0. The van der Waals surface area contributed by atoms with E-state index in [0.717, 1.165) is 0 Å². The van der Waals surface area contributed by atoms with Gasteiger partial charge in [-0.3, -0.25) is 14.8 Å². The Bertz CT molecular complexity index is 529. The number of carboxylic acid groups (broad SMARTS) is 1. The Morgan fingerprint density at radius 1 is 1.44 bits per heavy atom. The fourth-order valence-electron chi connectivity index (χ4n) is 1.35. The molecule has 2 rings (SSSR count). The van der Waals surface area contributed by atoms with E-state index in [9.17, 15) is 4.79 Å². The summed E-state index contributed by atoms with van der Waals surface area (Å²) in [6, 6.07) is 1.09. The van der Waals surface area contributed by atoms with Crippen molar-refractivity contribution in [3.8, 4) is 0 Å². The lowest BCUT2D eigenvalue weighted by Gasteiger charge is -2.08. The van der Waals surface area contributed by atoms with Gasteiger partial charge in [0.05, 0.1) is 36.1 Å². The Hall–Kier alpha value is -2.08. The van der Waals surface area contributed by atoms with Crippen molar-refractivity contribution in [2.45, 2.75) is 12.5 Å². The molecular weight excluding hydrogens is 208 g/mol. The summed E-state index contributed by atoms with van der Waals surface area (Å²) in [5.41, 5.74) is 7.47. The van der Waals surface area contributed by atoms with E-state index in [1.54, 1.807) is 18.5 Å². The summed E-state index contributed by atoms with van der Waals surface area (Å²) in [7, 11) is 0. The molecule has 0 fully saturated rings. The predicted octanol–water partition coefficient (Wildman–Crippen LogP) is 0.499. The van der Waals surface area contributed by atoms with Gasteiger partial charge in [-0.25, -0.2) is 4.98 Å².